The highest BCUT2D eigenvalue weighted by atomic mass is 32.1. The van der Waals surface area contributed by atoms with Gasteiger partial charge in [-0.2, -0.15) is 0 Å². The van der Waals surface area contributed by atoms with Gasteiger partial charge in [-0.3, -0.25) is 19.7 Å². The minimum Gasteiger partial charge on any atom is -0.296 e. The van der Waals surface area contributed by atoms with Crippen LogP contribution in [0.4, 0.5) is 5.13 Å². The van der Waals surface area contributed by atoms with E-state index in [9.17, 15) is 4.79 Å². The van der Waals surface area contributed by atoms with Crippen molar-refractivity contribution in [3.63, 3.8) is 0 Å². The van der Waals surface area contributed by atoms with E-state index in [0.717, 1.165) is 21.8 Å². The van der Waals surface area contributed by atoms with Crippen LogP contribution in [0.15, 0.2) is 49.6 Å². The minimum absolute atomic E-state index is 0.312. The molecule has 4 aromatic rings. The second-order valence-electron chi connectivity index (χ2n) is 5.84. The van der Waals surface area contributed by atoms with Crippen LogP contribution in [0.3, 0.4) is 0 Å². The second kappa shape index (κ2) is 7.04. The number of nitrogens with zero attached hydrogens (tertiary/aromatic N) is 6. The van der Waals surface area contributed by atoms with Crippen LogP contribution >= 0.6 is 11.3 Å². The first kappa shape index (κ1) is 17.0. The number of hydrogen-bond donors (Lipinski definition) is 1. The van der Waals surface area contributed by atoms with Gasteiger partial charge >= 0.3 is 0 Å². The Kier molecular flexibility index (Phi) is 4.43. The first-order valence-electron chi connectivity index (χ1n) is 8.11. The molecule has 0 aromatic carbocycles. The predicted molar refractivity (Wildman–Crippen MR) is 102 cm³/mol. The second-order valence-corrected chi connectivity index (χ2v) is 7.05. The Balaban J connectivity index is 1.59. The number of rotatable bonds is 4. The van der Waals surface area contributed by atoms with Gasteiger partial charge in [-0.1, -0.05) is 6.07 Å². The summed E-state index contributed by atoms with van der Waals surface area (Å²) in [7, 11) is 0. The fourth-order valence-corrected chi connectivity index (χ4v) is 3.36. The Bertz CT molecular complexity index is 1090. The fourth-order valence-electron chi connectivity index (χ4n) is 2.54. The van der Waals surface area contributed by atoms with Crippen molar-refractivity contribution in [2.24, 2.45) is 0 Å². The summed E-state index contributed by atoms with van der Waals surface area (Å²) in [6.07, 6.45) is 9.49. The number of aryl methyl sites for hydroxylation is 2. The highest BCUT2D eigenvalue weighted by molar-refractivity contribution is 7.16. The van der Waals surface area contributed by atoms with E-state index in [2.05, 4.69) is 30.2 Å². The molecule has 4 aromatic heterocycles. The molecule has 1 N–H and O–H groups in total. The molecular weight excluding hydrogens is 362 g/mol. The van der Waals surface area contributed by atoms with Gasteiger partial charge in [0, 0.05) is 11.1 Å². The maximum atomic E-state index is 12.7. The number of nitrogens with one attached hydrogen (secondary N) is 1. The molecule has 4 rings (SSSR count). The zero-order chi connectivity index (χ0) is 18.8. The monoisotopic (exact) mass is 377 g/mol. The van der Waals surface area contributed by atoms with Crippen molar-refractivity contribution in [2.45, 2.75) is 13.8 Å². The lowest BCUT2D eigenvalue weighted by Crippen LogP contribution is -2.16. The van der Waals surface area contributed by atoms with Crippen LogP contribution in [0.25, 0.3) is 17.1 Å². The third kappa shape index (κ3) is 3.44. The standard InChI is InChI=1S/C18H15N7OS/c1-11-3-4-14(22-5-11)16-12(2)27-18(23-16)24-17(26)15-8-21-10-25(15)13-6-19-9-20-7-13/h3-10H,1-2H3,(H,23,24,26). The Morgan fingerprint density at radius 1 is 1.07 bits per heavy atom. The molecule has 0 saturated carbocycles. The largest absolute Gasteiger partial charge is 0.296 e. The number of hydrogen-bond acceptors (Lipinski definition) is 7. The van der Waals surface area contributed by atoms with Crippen molar-refractivity contribution in [3.8, 4) is 17.1 Å². The normalized spacial score (nSPS) is 10.7. The van der Waals surface area contributed by atoms with Gasteiger partial charge in [-0.05, 0) is 25.5 Å². The van der Waals surface area contributed by atoms with Gasteiger partial charge in [-0.25, -0.2) is 19.9 Å². The van der Waals surface area contributed by atoms with Gasteiger partial charge in [0.05, 0.1) is 36.3 Å². The van der Waals surface area contributed by atoms with Gasteiger partial charge < -0.3 is 0 Å². The lowest BCUT2D eigenvalue weighted by molar-refractivity contribution is 0.102. The Morgan fingerprint density at radius 2 is 1.89 bits per heavy atom. The molecule has 0 aliphatic rings. The molecule has 27 heavy (non-hydrogen) atoms. The summed E-state index contributed by atoms with van der Waals surface area (Å²) < 4.78 is 1.62. The highest BCUT2D eigenvalue weighted by Gasteiger charge is 2.17. The van der Waals surface area contributed by atoms with E-state index in [0.29, 0.717) is 16.5 Å². The van der Waals surface area contributed by atoms with Gasteiger partial charge in [0.2, 0.25) is 0 Å². The van der Waals surface area contributed by atoms with Gasteiger partial charge in [0.1, 0.15) is 17.7 Å². The number of amides is 1. The van der Waals surface area contributed by atoms with Gasteiger partial charge in [0.25, 0.3) is 5.91 Å². The quantitative estimate of drug-likeness (QED) is 0.587. The number of carbonyl (C=O) groups is 1. The SMILES string of the molecule is Cc1ccc(-c2nc(NC(=O)c3cncn3-c3cncnc3)sc2C)nc1. The Labute approximate surface area is 159 Å². The van der Waals surface area contributed by atoms with Gasteiger partial charge in [0.15, 0.2) is 5.13 Å². The topological polar surface area (TPSA) is 98.5 Å². The van der Waals surface area contributed by atoms with E-state index in [-0.39, 0.29) is 5.91 Å². The molecule has 0 spiro atoms. The molecule has 0 unspecified atom stereocenters. The number of thiazole rings is 1. The van der Waals surface area contributed by atoms with Crippen molar-refractivity contribution in [2.75, 3.05) is 5.32 Å². The van der Waals surface area contributed by atoms with Crippen molar-refractivity contribution >= 4 is 22.4 Å². The van der Waals surface area contributed by atoms with E-state index in [1.165, 1.54) is 23.9 Å². The van der Waals surface area contributed by atoms with E-state index >= 15 is 0 Å². The maximum absolute atomic E-state index is 12.7. The molecule has 9 heteroatoms. The molecule has 8 nitrogen and oxygen atoms in total. The van der Waals surface area contributed by atoms with Crippen LogP contribution < -0.4 is 5.32 Å². The van der Waals surface area contributed by atoms with Crippen molar-refractivity contribution in [3.05, 3.63) is 65.7 Å². The molecule has 0 atom stereocenters. The van der Waals surface area contributed by atoms with Crippen LogP contribution in [-0.4, -0.2) is 35.4 Å². The first-order valence-corrected chi connectivity index (χ1v) is 8.93. The first-order chi connectivity index (χ1) is 13.1. The van der Waals surface area contributed by atoms with Crippen molar-refractivity contribution in [1.82, 2.24) is 29.5 Å². The summed E-state index contributed by atoms with van der Waals surface area (Å²) in [6, 6.07) is 3.91. The molecule has 0 fully saturated rings. The summed E-state index contributed by atoms with van der Waals surface area (Å²) in [5.74, 6) is -0.312. The maximum Gasteiger partial charge on any atom is 0.276 e. The van der Waals surface area contributed by atoms with E-state index in [1.807, 2.05) is 26.0 Å². The summed E-state index contributed by atoms with van der Waals surface area (Å²) in [5.41, 5.74) is 3.65. The number of aromatic nitrogens is 6. The van der Waals surface area contributed by atoms with Crippen LogP contribution in [0.1, 0.15) is 20.9 Å². The number of imidazole rings is 1. The molecule has 0 saturated heterocycles. The zero-order valence-electron chi connectivity index (χ0n) is 14.6. The van der Waals surface area contributed by atoms with Crippen molar-refractivity contribution in [1.29, 1.82) is 0 Å². The number of anilines is 1. The molecule has 0 radical (unpaired) electrons. The molecule has 134 valence electrons. The molecule has 0 aliphatic heterocycles. The zero-order valence-corrected chi connectivity index (χ0v) is 15.4. The predicted octanol–water partition coefficient (Wildman–Crippen LogP) is 3.05. The average molecular weight is 377 g/mol. The smallest absolute Gasteiger partial charge is 0.276 e. The molecule has 1 amide bonds. The average Bonchev–Trinajstić information content (AvgIpc) is 3.30. The molecule has 4 heterocycles. The van der Waals surface area contributed by atoms with E-state index in [4.69, 9.17) is 0 Å². The van der Waals surface area contributed by atoms with E-state index in [1.54, 1.807) is 29.5 Å². The third-order valence-corrected chi connectivity index (χ3v) is 4.75. The minimum atomic E-state index is -0.312. The Hall–Kier alpha value is -3.46. The summed E-state index contributed by atoms with van der Waals surface area (Å²) in [5, 5.41) is 3.34. The van der Waals surface area contributed by atoms with Crippen LogP contribution in [0.2, 0.25) is 0 Å². The van der Waals surface area contributed by atoms with E-state index < -0.39 is 0 Å². The highest BCUT2D eigenvalue weighted by Crippen LogP contribution is 2.29. The fraction of sp³-hybridized carbons (Fsp3) is 0.111. The summed E-state index contributed by atoms with van der Waals surface area (Å²) in [6.45, 7) is 3.94. The summed E-state index contributed by atoms with van der Waals surface area (Å²) in [4.78, 5) is 34.6. The number of carbonyl (C=O) groups excluding carboxylic acids is 1. The third-order valence-electron chi connectivity index (χ3n) is 3.87. The van der Waals surface area contributed by atoms with Crippen LogP contribution in [-0.2, 0) is 0 Å². The number of pyridine rings is 1. The molecule has 0 bridgehead atoms. The van der Waals surface area contributed by atoms with Crippen molar-refractivity contribution < 1.29 is 4.79 Å². The van der Waals surface area contributed by atoms with Gasteiger partial charge in [-0.15, -0.1) is 11.3 Å². The molecule has 0 aliphatic carbocycles. The van der Waals surface area contributed by atoms with Crippen LogP contribution in [0, 0.1) is 13.8 Å². The van der Waals surface area contributed by atoms with Crippen LogP contribution in [0.5, 0.6) is 0 Å². The lowest BCUT2D eigenvalue weighted by atomic mass is 10.2. The Morgan fingerprint density at radius 3 is 2.63 bits per heavy atom. The lowest BCUT2D eigenvalue weighted by Gasteiger charge is -2.06. The summed E-state index contributed by atoms with van der Waals surface area (Å²) >= 11 is 1.40. The molecular formula is C18H15N7OS.